The van der Waals surface area contributed by atoms with Crippen molar-refractivity contribution in [3.63, 3.8) is 0 Å². The van der Waals surface area contributed by atoms with Gasteiger partial charge in [-0.1, -0.05) is 12.1 Å². The molecule has 5 heteroatoms. The molecule has 1 aromatic rings. The highest BCUT2D eigenvalue weighted by molar-refractivity contribution is 5.70. The van der Waals surface area contributed by atoms with Gasteiger partial charge in [-0.15, -0.1) is 0 Å². The topological polar surface area (TPSA) is 53.6 Å². The van der Waals surface area contributed by atoms with Crippen LogP contribution >= 0.6 is 0 Å². The highest BCUT2D eigenvalue weighted by atomic mass is 16.6. The second-order valence-electron chi connectivity index (χ2n) is 6.34. The Labute approximate surface area is 127 Å². The van der Waals surface area contributed by atoms with Crippen LogP contribution in [0.25, 0.3) is 0 Å². The molecule has 1 aromatic carbocycles. The van der Waals surface area contributed by atoms with Crippen molar-refractivity contribution in [1.29, 1.82) is 0 Å². The van der Waals surface area contributed by atoms with E-state index in [-0.39, 0.29) is 6.04 Å². The molecule has 0 radical (unpaired) electrons. The predicted molar refractivity (Wildman–Crippen MR) is 88.1 cm³/mol. The summed E-state index contributed by atoms with van der Waals surface area (Å²) < 4.78 is 5.21. The summed E-state index contributed by atoms with van der Waals surface area (Å²) in [6, 6.07) is 8.17. The number of rotatable bonds is 5. The molecule has 0 saturated heterocycles. The molecule has 0 aliphatic heterocycles. The molecule has 0 fully saturated rings. The third-order valence-electron chi connectivity index (χ3n) is 2.74. The number of hydrogen-bond acceptors (Lipinski definition) is 4. The molecular formula is C16H27N3O2. The first-order valence-electron chi connectivity index (χ1n) is 7.19. The highest BCUT2D eigenvalue weighted by Crippen LogP contribution is 2.23. The van der Waals surface area contributed by atoms with Crippen LogP contribution in [-0.4, -0.2) is 38.4 Å². The Bertz CT molecular complexity index is 467. The highest BCUT2D eigenvalue weighted by Gasteiger charge is 2.16. The Kier molecular flexibility index (Phi) is 5.88. The lowest BCUT2D eigenvalue weighted by Gasteiger charge is -2.23. The van der Waals surface area contributed by atoms with E-state index in [4.69, 9.17) is 4.74 Å². The fourth-order valence-electron chi connectivity index (χ4n) is 1.85. The van der Waals surface area contributed by atoms with E-state index in [9.17, 15) is 4.79 Å². The summed E-state index contributed by atoms with van der Waals surface area (Å²) >= 11 is 0. The fraction of sp³-hybridized carbons (Fsp3) is 0.562. The number of alkyl carbamates (subject to hydrolysis) is 1. The number of anilines is 2. The first kappa shape index (κ1) is 17.1. The first-order valence-corrected chi connectivity index (χ1v) is 7.19. The van der Waals surface area contributed by atoms with E-state index >= 15 is 0 Å². The van der Waals surface area contributed by atoms with Crippen LogP contribution < -0.4 is 15.5 Å². The molecule has 118 valence electrons. The number of benzene rings is 1. The van der Waals surface area contributed by atoms with E-state index < -0.39 is 11.7 Å². The molecule has 1 atom stereocenters. The molecular weight excluding hydrogens is 266 g/mol. The third kappa shape index (κ3) is 6.38. The van der Waals surface area contributed by atoms with Crippen LogP contribution in [0.3, 0.4) is 0 Å². The van der Waals surface area contributed by atoms with Gasteiger partial charge in [0.2, 0.25) is 0 Å². The maximum Gasteiger partial charge on any atom is 0.407 e. The second kappa shape index (κ2) is 7.20. The van der Waals surface area contributed by atoms with Gasteiger partial charge in [-0.25, -0.2) is 4.79 Å². The van der Waals surface area contributed by atoms with Crippen LogP contribution in [0.1, 0.15) is 27.7 Å². The molecule has 1 unspecified atom stereocenters. The van der Waals surface area contributed by atoms with Crippen LogP contribution in [0.2, 0.25) is 0 Å². The molecule has 21 heavy (non-hydrogen) atoms. The lowest BCUT2D eigenvalue weighted by atomic mass is 10.2. The summed E-state index contributed by atoms with van der Waals surface area (Å²) in [5.74, 6) is 0. The summed E-state index contributed by atoms with van der Waals surface area (Å²) in [4.78, 5) is 13.7. The van der Waals surface area contributed by atoms with E-state index in [1.165, 1.54) is 0 Å². The molecule has 2 N–H and O–H groups in total. The van der Waals surface area contributed by atoms with Crippen molar-refractivity contribution < 1.29 is 9.53 Å². The van der Waals surface area contributed by atoms with Crippen molar-refractivity contribution in [3.8, 4) is 0 Å². The zero-order valence-corrected chi connectivity index (χ0v) is 13.9. The van der Waals surface area contributed by atoms with Crippen molar-refractivity contribution in [3.05, 3.63) is 24.3 Å². The Hall–Kier alpha value is -1.91. The van der Waals surface area contributed by atoms with E-state index in [2.05, 4.69) is 21.6 Å². The summed E-state index contributed by atoms with van der Waals surface area (Å²) in [5.41, 5.74) is 1.68. The summed E-state index contributed by atoms with van der Waals surface area (Å²) in [5, 5.41) is 6.17. The largest absolute Gasteiger partial charge is 0.444 e. The monoisotopic (exact) mass is 293 g/mol. The number of amides is 1. The van der Waals surface area contributed by atoms with Gasteiger partial charge in [0.25, 0.3) is 0 Å². The number of carbonyl (C=O) groups is 1. The summed E-state index contributed by atoms with van der Waals surface area (Å²) in [6.45, 7) is 8.06. The normalized spacial score (nSPS) is 12.5. The minimum absolute atomic E-state index is 0.0959. The molecule has 5 nitrogen and oxygen atoms in total. The SMILES string of the molecule is CC(CNC(=O)OC(C)(C)C)Nc1ccccc1N(C)C. The van der Waals surface area contributed by atoms with Gasteiger partial charge in [-0.2, -0.15) is 0 Å². The van der Waals surface area contributed by atoms with Crippen molar-refractivity contribution in [1.82, 2.24) is 5.32 Å². The second-order valence-corrected chi connectivity index (χ2v) is 6.34. The van der Waals surface area contributed by atoms with Crippen molar-refractivity contribution in [2.75, 3.05) is 30.9 Å². The molecule has 0 saturated carbocycles. The van der Waals surface area contributed by atoms with Crippen molar-refractivity contribution >= 4 is 17.5 Å². The molecule has 1 rings (SSSR count). The first-order chi connectivity index (χ1) is 9.69. The van der Waals surface area contributed by atoms with Crippen LogP contribution in [0.15, 0.2) is 24.3 Å². The number of nitrogens with zero attached hydrogens (tertiary/aromatic N) is 1. The maximum atomic E-state index is 11.6. The zero-order valence-electron chi connectivity index (χ0n) is 13.9. The zero-order chi connectivity index (χ0) is 16.0. The predicted octanol–water partition coefficient (Wildman–Crippen LogP) is 3.08. The average Bonchev–Trinajstić information content (AvgIpc) is 2.35. The Morgan fingerprint density at radius 3 is 2.48 bits per heavy atom. The number of para-hydroxylation sites is 2. The van der Waals surface area contributed by atoms with E-state index in [1.54, 1.807) is 0 Å². The van der Waals surface area contributed by atoms with Gasteiger partial charge in [-0.3, -0.25) is 0 Å². The van der Waals surface area contributed by atoms with Gasteiger partial charge in [0.15, 0.2) is 0 Å². The summed E-state index contributed by atoms with van der Waals surface area (Å²) in [7, 11) is 4.01. The Morgan fingerprint density at radius 2 is 1.90 bits per heavy atom. The molecule has 0 bridgehead atoms. The molecule has 0 aliphatic rings. The quantitative estimate of drug-likeness (QED) is 0.876. The lowest BCUT2D eigenvalue weighted by molar-refractivity contribution is 0.0526. The van der Waals surface area contributed by atoms with E-state index in [0.717, 1.165) is 11.4 Å². The molecule has 0 spiro atoms. The van der Waals surface area contributed by atoms with Crippen molar-refractivity contribution in [2.24, 2.45) is 0 Å². The third-order valence-corrected chi connectivity index (χ3v) is 2.74. The molecule has 0 aromatic heterocycles. The van der Waals surface area contributed by atoms with E-state index in [0.29, 0.717) is 6.54 Å². The molecule has 0 aliphatic carbocycles. The van der Waals surface area contributed by atoms with Gasteiger partial charge < -0.3 is 20.3 Å². The number of ether oxygens (including phenoxy) is 1. The smallest absolute Gasteiger partial charge is 0.407 e. The number of hydrogen-bond donors (Lipinski definition) is 2. The van der Waals surface area contributed by atoms with Gasteiger partial charge in [0, 0.05) is 26.7 Å². The van der Waals surface area contributed by atoms with Gasteiger partial charge >= 0.3 is 6.09 Å². The fourth-order valence-corrected chi connectivity index (χ4v) is 1.85. The van der Waals surface area contributed by atoms with Gasteiger partial charge in [-0.05, 0) is 39.8 Å². The Morgan fingerprint density at radius 1 is 1.29 bits per heavy atom. The van der Waals surface area contributed by atoms with Crippen LogP contribution in [-0.2, 0) is 4.74 Å². The standard InChI is InChI=1S/C16H27N3O2/c1-12(11-17-15(20)21-16(2,3)4)18-13-9-7-8-10-14(13)19(5)6/h7-10,12,18H,11H2,1-6H3,(H,17,20). The average molecular weight is 293 g/mol. The van der Waals surface area contributed by atoms with E-state index in [1.807, 2.05) is 60.0 Å². The van der Waals surface area contributed by atoms with Gasteiger partial charge in [0.1, 0.15) is 5.60 Å². The van der Waals surface area contributed by atoms with Crippen LogP contribution in [0.5, 0.6) is 0 Å². The minimum atomic E-state index is -0.474. The summed E-state index contributed by atoms with van der Waals surface area (Å²) in [6.07, 6.45) is -0.392. The number of carbonyl (C=O) groups excluding carboxylic acids is 1. The molecule has 0 heterocycles. The van der Waals surface area contributed by atoms with Gasteiger partial charge in [0.05, 0.1) is 11.4 Å². The maximum absolute atomic E-state index is 11.6. The number of nitrogens with one attached hydrogen (secondary N) is 2. The van der Waals surface area contributed by atoms with Crippen LogP contribution in [0, 0.1) is 0 Å². The molecule has 1 amide bonds. The minimum Gasteiger partial charge on any atom is -0.444 e. The van der Waals surface area contributed by atoms with Crippen molar-refractivity contribution in [2.45, 2.75) is 39.3 Å². The van der Waals surface area contributed by atoms with Crippen LogP contribution in [0.4, 0.5) is 16.2 Å². The lowest BCUT2D eigenvalue weighted by Crippen LogP contribution is -2.38. The Balaban J connectivity index is 2.51.